The fourth-order valence-corrected chi connectivity index (χ4v) is 2.00. The molecule has 2 rings (SSSR count). The maximum Gasteiger partial charge on any atom is 0.573 e. The lowest BCUT2D eigenvalue weighted by Crippen LogP contribution is -2.18. The minimum atomic E-state index is -4.81. The molecule has 0 heterocycles. The molecule has 0 bridgehead atoms. The molecule has 0 saturated heterocycles. The first-order valence-electron chi connectivity index (χ1n) is 7.00. The van der Waals surface area contributed by atoms with E-state index in [-0.39, 0.29) is 19.0 Å². The fourth-order valence-electron chi connectivity index (χ4n) is 2.00. The van der Waals surface area contributed by atoms with Gasteiger partial charge >= 0.3 is 6.36 Å². The summed E-state index contributed by atoms with van der Waals surface area (Å²) in [4.78, 5) is 10.7. The van der Waals surface area contributed by atoms with Gasteiger partial charge in [-0.25, -0.2) is 0 Å². The van der Waals surface area contributed by atoms with Crippen LogP contribution in [-0.4, -0.2) is 33.0 Å². The van der Waals surface area contributed by atoms with Gasteiger partial charge in [0, 0.05) is 12.7 Å². The van der Waals surface area contributed by atoms with Gasteiger partial charge in [0.1, 0.15) is 12.9 Å². The Labute approximate surface area is 136 Å². The van der Waals surface area contributed by atoms with Gasteiger partial charge in [0.15, 0.2) is 11.5 Å². The molecule has 7 heteroatoms. The van der Waals surface area contributed by atoms with Gasteiger partial charge in [-0.3, -0.25) is 4.79 Å². The van der Waals surface area contributed by atoms with E-state index in [1.165, 1.54) is 25.3 Å². The van der Waals surface area contributed by atoms with Crippen LogP contribution < -0.4 is 9.47 Å². The normalized spacial score (nSPS) is 11.2. The Bertz CT molecular complexity index is 681. The number of ether oxygens (including phenoxy) is 3. The van der Waals surface area contributed by atoms with Gasteiger partial charge in [-0.05, 0) is 23.3 Å². The summed E-state index contributed by atoms with van der Waals surface area (Å²) < 4.78 is 51.6. The molecule has 0 radical (unpaired) electrons. The van der Waals surface area contributed by atoms with Crippen LogP contribution in [0.15, 0.2) is 42.5 Å². The first-order chi connectivity index (χ1) is 11.4. The second-order valence-corrected chi connectivity index (χ2v) is 4.79. The number of methoxy groups -OCH3 is 1. The number of hydrogen-bond acceptors (Lipinski definition) is 4. The first kappa shape index (κ1) is 17.8. The predicted octanol–water partition coefficient (Wildman–Crippen LogP) is 4.09. The average molecular weight is 340 g/mol. The van der Waals surface area contributed by atoms with Gasteiger partial charge < -0.3 is 14.2 Å². The molecule has 0 aliphatic carbocycles. The van der Waals surface area contributed by atoms with Gasteiger partial charge in [0.25, 0.3) is 0 Å². The summed E-state index contributed by atoms with van der Waals surface area (Å²) in [5.41, 5.74) is 1.87. The molecule has 24 heavy (non-hydrogen) atoms. The molecule has 0 amide bonds. The Morgan fingerprint density at radius 3 is 2.21 bits per heavy atom. The topological polar surface area (TPSA) is 44.8 Å². The highest BCUT2D eigenvalue weighted by Gasteiger charge is 2.32. The van der Waals surface area contributed by atoms with E-state index in [2.05, 4.69) is 4.74 Å². The molecular formula is C17H15F3O4. The third kappa shape index (κ3) is 4.99. The third-order valence-electron chi connectivity index (χ3n) is 3.09. The van der Waals surface area contributed by atoms with E-state index in [0.29, 0.717) is 17.4 Å². The third-order valence-corrected chi connectivity index (χ3v) is 3.09. The predicted molar refractivity (Wildman–Crippen MR) is 81.3 cm³/mol. The lowest BCUT2D eigenvalue weighted by molar-refractivity contribution is -0.275. The van der Waals surface area contributed by atoms with Crippen molar-refractivity contribution >= 4 is 6.29 Å². The van der Waals surface area contributed by atoms with Gasteiger partial charge in [-0.15, -0.1) is 13.2 Å². The van der Waals surface area contributed by atoms with Crippen molar-refractivity contribution in [1.82, 2.24) is 0 Å². The van der Waals surface area contributed by atoms with E-state index in [1.54, 1.807) is 24.3 Å². The molecule has 0 atom stereocenters. The number of hydrogen-bond donors (Lipinski definition) is 0. The SMILES string of the molecule is COCCOc1cc(-c2ccc(C=O)cc2)ccc1OC(F)(F)F. The maximum absolute atomic E-state index is 12.5. The molecule has 0 aliphatic rings. The summed E-state index contributed by atoms with van der Waals surface area (Å²) in [6.45, 7) is 0.308. The van der Waals surface area contributed by atoms with Crippen molar-refractivity contribution in [3.8, 4) is 22.6 Å². The van der Waals surface area contributed by atoms with E-state index < -0.39 is 12.1 Å². The Morgan fingerprint density at radius 2 is 1.62 bits per heavy atom. The molecule has 0 aromatic heterocycles. The van der Waals surface area contributed by atoms with Crippen LogP contribution in [0.4, 0.5) is 13.2 Å². The highest BCUT2D eigenvalue weighted by Crippen LogP contribution is 2.36. The molecule has 0 fully saturated rings. The number of halogens is 3. The zero-order valence-corrected chi connectivity index (χ0v) is 12.8. The zero-order valence-electron chi connectivity index (χ0n) is 12.8. The van der Waals surface area contributed by atoms with Crippen molar-refractivity contribution in [2.24, 2.45) is 0 Å². The van der Waals surface area contributed by atoms with Crippen molar-refractivity contribution in [3.63, 3.8) is 0 Å². The van der Waals surface area contributed by atoms with Crippen LogP contribution >= 0.6 is 0 Å². The highest BCUT2D eigenvalue weighted by molar-refractivity contribution is 5.77. The number of alkyl halides is 3. The molecule has 0 aliphatic heterocycles. The minimum Gasteiger partial charge on any atom is -0.487 e. The second-order valence-electron chi connectivity index (χ2n) is 4.79. The number of aldehydes is 1. The van der Waals surface area contributed by atoms with E-state index >= 15 is 0 Å². The molecule has 0 unspecified atom stereocenters. The van der Waals surface area contributed by atoms with Gasteiger partial charge in [0.2, 0.25) is 0 Å². The lowest BCUT2D eigenvalue weighted by Gasteiger charge is -2.15. The monoisotopic (exact) mass is 340 g/mol. The smallest absolute Gasteiger partial charge is 0.487 e. The van der Waals surface area contributed by atoms with Gasteiger partial charge in [-0.2, -0.15) is 0 Å². The van der Waals surface area contributed by atoms with E-state index in [1.807, 2.05) is 0 Å². The quantitative estimate of drug-likeness (QED) is 0.562. The van der Waals surface area contributed by atoms with Crippen molar-refractivity contribution < 1.29 is 32.2 Å². The summed E-state index contributed by atoms with van der Waals surface area (Å²) >= 11 is 0. The summed E-state index contributed by atoms with van der Waals surface area (Å²) in [5.74, 6) is -0.465. The van der Waals surface area contributed by atoms with E-state index in [0.717, 1.165) is 5.56 Å². The van der Waals surface area contributed by atoms with E-state index in [9.17, 15) is 18.0 Å². The van der Waals surface area contributed by atoms with Crippen LogP contribution in [-0.2, 0) is 4.74 Å². The van der Waals surface area contributed by atoms with Crippen LogP contribution in [0.5, 0.6) is 11.5 Å². The molecule has 0 N–H and O–H groups in total. The van der Waals surface area contributed by atoms with Gasteiger partial charge in [0.05, 0.1) is 6.61 Å². The number of carbonyl (C=O) groups is 1. The zero-order chi connectivity index (χ0) is 17.6. The minimum absolute atomic E-state index is 0.0404. The molecule has 4 nitrogen and oxygen atoms in total. The highest BCUT2D eigenvalue weighted by atomic mass is 19.4. The van der Waals surface area contributed by atoms with Crippen LogP contribution in [0.2, 0.25) is 0 Å². The largest absolute Gasteiger partial charge is 0.573 e. The van der Waals surface area contributed by atoms with Crippen molar-refractivity contribution in [1.29, 1.82) is 0 Å². The summed E-state index contributed by atoms with van der Waals surface area (Å²) in [6, 6.07) is 10.8. The Kier molecular flexibility index (Phi) is 5.81. The van der Waals surface area contributed by atoms with Crippen LogP contribution in [0.25, 0.3) is 11.1 Å². The summed E-state index contributed by atoms with van der Waals surface area (Å²) in [6.07, 6.45) is -4.10. The molecule has 2 aromatic rings. The molecule has 0 saturated carbocycles. The Balaban J connectivity index is 2.32. The first-order valence-corrected chi connectivity index (χ1v) is 7.00. The van der Waals surface area contributed by atoms with Crippen LogP contribution in [0, 0.1) is 0 Å². The summed E-state index contributed by atoms with van der Waals surface area (Å²) in [5, 5.41) is 0. The molecule has 0 spiro atoms. The van der Waals surface area contributed by atoms with Crippen molar-refractivity contribution in [2.75, 3.05) is 20.3 Å². The second kappa shape index (κ2) is 7.83. The molecular weight excluding hydrogens is 325 g/mol. The van der Waals surface area contributed by atoms with Crippen LogP contribution in [0.1, 0.15) is 10.4 Å². The van der Waals surface area contributed by atoms with Crippen LogP contribution in [0.3, 0.4) is 0 Å². The maximum atomic E-state index is 12.5. The lowest BCUT2D eigenvalue weighted by atomic mass is 10.0. The average Bonchev–Trinajstić information content (AvgIpc) is 2.55. The van der Waals surface area contributed by atoms with Crippen molar-refractivity contribution in [2.45, 2.75) is 6.36 Å². The van der Waals surface area contributed by atoms with Crippen molar-refractivity contribution in [3.05, 3.63) is 48.0 Å². The van der Waals surface area contributed by atoms with Gasteiger partial charge in [-0.1, -0.05) is 30.3 Å². The Morgan fingerprint density at radius 1 is 0.958 bits per heavy atom. The fraction of sp³-hybridized carbons (Fsp3) is 0.235. The number of rotatable bonds is 7. The Hall–Kier alpha value is -2.54. The molecule has 2 aromatic carbocycles. The standard InChI is InChI=1S/C17H15F3O4/c1-22-8-9-23-16-10-14(6-7-15(16)24-17(18,19)20)13-4-2-12(11-21)3-5-13/h2-7,10-11H,8-9H2,1H3. The number of carbonyl (C=O) groups excluding carboxylic acids is 1. The summed E-state index contributed by atoms with van der Waals surface area (Å²) in [7, 11) is 1.46. The van der Waals surface area contributed by atoms with E-state index in [4.69, 9.17) is 9.47 Å². The number of benzene rings is 2. The molecule has 128 valence electrons.